The number of aromatic nitrogens is 2. The standard InChI is InChI=1S/C32H34N4O3/c1-4-6-11-30-25(21-36(22(3)33-30)26-16-18-27(19-17-26)38-5-2)20-23-12-14-24(15-13-23)28-9-7-8-10-29(28)31-34-32(37)39-35-31/h7-10,12-19,21-22H,4-6,11,20H2,1-3H3,(H,34,35,37). The Balaban J connectivity index is 1.41. The summed E-state index contributed by atoms with van der Waals surface area (Å²) in [6.07, 6.45) is 6.31. The third-order valence-corrected chi connectivity index (χ3v) is 6.91. The third-order valence-electron chi connectivity index (χ3n) is 6.91. The molecule has 1 aliphatic heterocycles. The van der Waals surface area contributed by atoms with Gasteiger partial charge in [-0.25, -0.2) is 4.79 Å². The highest BCUT2D eigenvalue weighted by Gasteiger charge is 2.22. The number of nitrogens with one attached hydrogen (secondary N) is 1. The molecule has 2 heterocycles. The summed E-state index contributed by atoms with van der Waals surface area (Å²) in [6, 6.07) is 24.6. The number of hydrogen-bond acceptors (Lipinski definition) is 6. The zero-order valence-electron chi connectivity index (χ0n) is 22.7. The second-order valence-electron chi connectivity index (χ2n) is 9.66. The van der Waals surface area contributed by atoms with Gasteiger partial charge in [0, 0.05) is 29.6 Å². The molecular formula is C32H34N4O3. The maximum Gasteiger partial charge on any atom is 0.439 e. The Labute approximate surface area is 228 Å². The first kappa shape index (κ1) is 26.2. The average Bonchev–Trinajstić information content (AvgIpc) is 3.40. The fraction of sp³-hybridized carbons (Fsp3) is 0.281. The molecule has 0 aliphatic carbocycles. The Hall–Kier alpha value is -4.39. The van der Waals surface area contributed by atoms with Crippen molar-refractivity contribution in [3.8, 4) is 28.3 Å². The molecule has 1 aromatic heterocycles. The van der Waals surface area contributed by atoms with Crippen LogP contribution in [0, 0.1) is 0 Å². The molecule has 4 aromatic rings. The van der Waals surface area contributed by atoms with E-state index in [0.717, 1.165) is 53.8 Å². The molecule has 0 saturated heterocycles. The van der Waals surface area contributed by atoms with E-state index in [0.29, 0.717) is 12.4 Å². The molecule has 39 heavy (non-hydrogen) atoms. The number of rotatable bonds is 10. The summed E-state index contributed by atoms with van der Waals surface area (Å²) in [5, 5.41) is 3.88. The van der Waals surface area contributed by atoms with Gasteiger partial charge in [0.15, 0.2) is 5.82 Å². The highest BCUT2D eigenvalue weighted by atomic mass is 16.5. The second kappa shape index (κ2) is 12.0. The van der Waals surface area contributed by atoms with Gasteiger partial charge in [-0.2, -0.15) is 0 Å². The van der Waals surface area contributed by atoms with E-state index in [1.807, 2.05) is 43.3 Å². The van der Waals surface area contributed by atoms with E-state index >= 15 is 0 Å². The van der Waals surface area contributed by atoms with Crippen LogP contribution in [-0.2, 0) is 6.42 Å². The van der Waals surface area contributed by atoms with Gasteiger partial charge in [-0.1, -0.05) is 67.0 Å². The molecule has 0 spiro atoms. The van der Waals surface area contributed by atoms with Crippen LogP contribution in [0.25, 0.3) is 22.5 Å². The zero-order chi connectivity index (χ0) is 27.2. The largest absolute Gasteiger partial charge is 0.494 e. The van der Waals surface area contributed by atoms with Crippen LogP contribution >= 0.6 is 0 Å². The third kappa shape index (κ3) is 6.03. The first-order valence-corrected chi connectivity index (χ1v) is 13.6. The number of nitrogens with zero attached hydrogens (tertiary/aromatic N) is 3. The molecule has 0 fully saturated rings. The molecule has 200 valence electrons. The highest BCUT2D eigenvalue weighted by Crippen LogP contribution is 2.31. The molecule has 3 aromatic carbocycles. The molecule has 1 N–H and O–H groups in total. The minimum Gasteiger partial charge on any atom is -0.494 e. The summed E-state index contributed by atoms with van der Waals surface area (Å²) in [6.45, 7) is 7.00. The maximum absolute atomic E-state index is 11.5. The van der Waals surface area contributed by atoms with Gasteiger partial charge < -0.3 is 9.64 Å². The number of unbranched alkanes of at least 4 members (excludes halogenated alkanes) is 1. The maximum atomic E-state index is 11.5. The molecule has 0 radical (unpaired) electrons. The summed E-state index contributed by atoms with van der Waals surface area (Å²) in [5.74, 6) is 0.733. The van der Waals surface area contributed by atoms with Crippen LogP contribution in [0.1, 0.15) is 45.6 Å². The second-order valence-corrected chi connectivity index (χ2v) is 9.66. The van der Waals surface area contributed by atoms with E-state index in [9.17, 15) is 4.79 Å². The SMILES string of the molecule is CCCCC1=NC(C)N(c2ccc(OCC)cc2)C=C1Cc1ccc(-c2ccccc2-c2noc(=O)[nH]2)cc1. The van der Waals surface area contributed by atoms with Crippen LogP contribution in [0.15, 0.2) is 98.9 Å². The Morgan fingerprint density at radius 1 is 0.974 bits per heavy atom. The number of ether oxygens (including phenoxy) is 1. The Kier molecular flexibility index (Phi) is 8.06. The number of allylic oxidation sites excluding steroid dienone is 1. The van der Waals surface area contributed by atoms with Gasteiger partial charge in [-0.15, -0.1) is 0 Å². The van der Waals surface area contributed by atoms with Crippen molar-refractivity contribution in [1.29, 1.82) is 0 Å². The molecule has 5 rings (SSSR count). The lowest BCUT2D eigenvalue weighted by atomic mass is 9.94. The van der Waals surface area contributed by atoms with E-state index in [1.54, 1.807) is 0 Å². The predicted molar refractivity (Wildman–Crippen MR) is 156 cm³/mol. The van der Waals surface area contributed by atoms with Crippen molar-refractivity contribution in [3.63, 3.8) is 0 Å². The zero-order valence-corrected chi connectivity index (χ0v) is 22.7. The van der Waals surface area contributed by atoms with Gasteiger partial charge in [-0.3, -0.25) is 14.5 Å². The number of aliphatic imine (C=N–C) groups is 1. The van der Waals surface area contributed by atoms with E-state index in [4.69, 9.17) is 14.3 Å². The van der Waals surface area contributed by atoms with Crippen molar-refractivity contribution in [2.75, 3.05) is 11.5 Å². The fourth-order valence-electron chi connectivity index (χ4n) is 4.92. The average molecular weight is 523 g/mol. The monoisotopic (exact) mass is 522 g/mol. The van der Waals surface area contributed by atoms with E-state index < -0.39 is 5.76 Å². The summed E-state index contributed by atoms with van der Waals surface area (Å²) < 4.78 is 10.4. The molecule has 7 heteroatoms. The Morgan fingerprint density at radius 2 is 1.72 bits per heavy atom. The van der Waals surface area contributed by atoms with E-state index in [1.165, 1.54) is 16.8 Å². The minimum absolute atomic E-state index is 0.0281. The number of H-pyrrole nitrogens is 1. The Morgan fingerprint density at radius 3 is 2.38 bits per heavy atom. The molecule has 1 atom stereocenters. The lowest BCUT2D eigenvalue weighted by molar-refractivity contribution is 0.340. The molecular weight excluding hydrogens is 488 g/mol. The molecule has 0 saturated carbocycles. The van der Waals surface area contributed by atoms with Crippen molar-refractivity contribution in [3.05, 3.63) is 101 Å². The van der Waals surface area contributed by atoms with Gasteiger partial charge in [-0.05, 0) is 73.2 Å². The van der Waals surface area contributed by atoms with Crippen LogP contribution in [0.3, 0.4) is 0 Å². The lowest BCUT2D eigenvalue weighted by Crippen LogP contribution is -2.33. The smallest absolute Gasteiger partial charge is 0.439 e. The van der Waals surface area contributed by atoms with Gasteiger partial charge in [0.05, 0.1) is 6.61 Å². The van der Waals surface area contributed by atoms with Gasteiger partial charge >= 0.3 is 5.76 Å². The van der Waals surface area contributed by atoms with Gasteiger partial charge in [0.1, 0.15) is 11.9 Å². The number of benzene rings is 3. The molecule has 0 amide bonds. The number of aromatic amines is 1. The van der Waals surface area contributed by atoms with E-state index in [-0.39, 0.29) is 6.17 Å². The molecule has 7 nitrogen and oxygen atoms in total. The van der Waals surface area contributed by atoms with Crippen LogP contribution in [-0.4, -0.2) is 28.6 Å². The number of anilines is 1. The first-order chi connectivity index (χ1) is 19.1. The van der Waals surface area contributed by atoms with E-state index in [2.05, 4.69) is 71.5 Å². The van der Waals surface area contributed by atoms with Gasteiger partial charge in [0.25, 0.3) is 0 Å². The quantitative estimate of drug-likeness (QED) is 0.242. The van der Waals surface area contributed by atoms with Crippen LogP contribution in [0.2, 0.25) is 0 Å². The summed E-state index contributed by atoms with van der Waals surface area (Å²) >= 11 is 0. The topological polar surface area (TPSA) is 83.7 Å². The lowest BCUT2D eigenvalue weighted by Gasteiger charge is -2.32. The fourth-order valence-corrected chi connectivity index (χ4v) is 4.92. The summed E-state index contributed by atoms with van der Waals surface area (Å²) in [5.41, 5.74) is 7.58. The minimum atomic E-state index is -0.565. The Bertz CT molecular complexity index is 1510. The summed E-state index contributed by atoms with van der Waals surface area (Å²) in [4.78, 5) is 21.5. The van der Waals surface area contributed by atoms with Crippen LogP contribution < -0.4 is 15.4 Å². The van der Waals surface area contributed by atoms with Crippen molar-refractivity contribution in [2.24, 2.45) is 4.99 Å². The van der Waals surface area contributed by atoms with Crippen molar-refractivity contribution >= 4 is 11.4 Å². The molecule has 1 unspecified atom stereocenters. The normalized spacial score (nSPS) is 15.2. The highest BCUT2D eigenvalue weighted by molar-refractivity contribution is 6.02. The molecule has 1 aliphatic rings. The predicted octanol–water partition coefficient (Wildman–Crippen LogP) is 7.02. The summed E-state index contributed by atoms with van der Waals surface area (Å²) in [7, 11) is 0. The van der Waals surface area contributed by atoms with Crippen LogP contribution in [0.4, 0.5) is 5.69 Å². The molecule has 0 bridgehead atoms. The number of hydrogen-bond donors (Lipinski definition) is 1. The van der Waals surface area contributed by atoms with Crippen molar-refractivity contribution in [2.45, 2.75) is 52.6 Å². The van der Waals surface area contributed by atoms with Gasteiger partial charge in [0.2, 0.25) is 0 Å². The van der Waals surface area contributed by atoms with Crippen molar-refractivity contribution < 1.29 is 9.26 Å². The van der Waals surface area contributed by atoms with Crippen LogP contribution in [0.5, 0.6) is 5.75 Å². The van der Waals surface area contributed by atoms with Crippen molar-refractivity contribution in [1.82, 2.24) is 10.1 Å². The first-order valence-electron chi connectivity index (χ1n) is 13.6.